The molecule has 0 spiro atoms. The molecule has 2 unspecified atom stereocenters. The summed E-state index contributed by atoms with van der Waals surface area (Å²) in [6.45, 7) is -2.58. The van der Waals surface area contributed by atoms with Gasteiger partial charge < -0.3 is 81.7 Å². The number of hydrogen-bond donors (Lipinski definition) is 11. The van der Waals surface area contributed by atoms with Crippen LogP contribution in [0.2, 0.25) is 0 Å². The molecule has 38 heavy (non-hydrogen) atoms. The van der Waals surface area contributed by atoms with Crippen LogP contribution in [0.25, 0.3) is 0 Å². The van der Waals surface area contributed by atoms with Crippen molar-refractivity contribution in [3.8, 4) is 0 Å². The number of aliphatic hydroxyl groups is 8. The first-order chi connectivity index (χ1) is 17.9. The summed E-state index contributed by atoms with van der Waals surface area (Å²) < 4.78 is 27.6. The van der Waals surface area contributed by atoms with Crippen molar-refractivity contribution in [3.05, 3.63) is 0 Å². The maximum absolute atomic E-state index is 12.4. The fraction of sp³-hybridized carbons (Fsp3) is 0.950. The highest BCUT2D eigenvalue weighted by Crippen LogP contribution is 2.34. The summed E-state index contributed by atoms with van der Waals surface area (Å²) in [5, 5.41) is 81.3. The van der Waals surface area contributed by atoms with Crippen molar-refractivity contribution in [2.24, 2.45) is 17.2 Å². The molecule has 0 radical (unpaired) electrons. The summed E-state index contributed by atoms with van der Waals surface area (Å²) in [6.07, 6.45) is -17.4. The summed E-state index contributed by atoms with van der Waals surface area (Å²) in [5.74, 6) is -1.68. The summed E-state index contributed by atoms with van der Waals surface area (Å²) in [4.78, 5) is 12.4. The first-order valence-electron chi connectivity index (χ1n) is 11.8. The number of carbonyl (C=O) groups is 1. The minimum absolute atomic E-state index is 0.691. The van der Waals surface area contributed by atoms with Gasteiger partial charge in [-0.2, -0.15) is 0 Å². The third-order valence-corrected chi connectivity index (χ3v) is 7.31. The fourth-order valence-electron chi connectivity index (χ4n) is 4.64. The zero-order chi connectivity index (χ0) is 28.5. The molecular weight excluding hydrogens is 542 g/mol. The van der Waals surface area contributed by atoms with Gasteiger partial charge in [0.15, 0.2) is 30.3 Å². The lowest BCUT2D eigenvalue weighted by Gasteiger charge is -2.50. The van der Waals surface area contributed by atoms with Gasteiger partial charge in [-0.15, -0.1) is 11.6 Å². The predicted octanol–water partition coefficient (Wildman–Crippen LogP) is -7.50. The number of ketones is 1. The highest BCUT2D eigenvalue weighted by molar-refractivity contribution is 6.29. The second-order valence-electron chi connectivity index (χ2n) is 9.41. The van der Waals surface area contributed by atoms with E-state index in [1.807, 2.05) is 0 Å². The van der Waals surface area contributed by atoms with Crippen molar-refractivity contribution in [1.82, 2.24) is 0 Å². The van der Waals surface area contributed by atoms with E-state index in [-0.39, 0.29) is 0 Å². The Hall–Kier alpha value is -0.680. The molecule has 0 aliphatic carbocycles. The minimum Gasteiger partial charge on any atom is -0.394 e. The maximum atomic E-state index is 12.4. The highest BCUT2D eigenvalue weighted by Gasteiger charge is 2.58. The topological polar surface area (TPSA) is 303 Å². The molecule has 15 atom stereocenters. The number of ether oxygens (including phenoxy) is 5. The number of hydrogen-bond acceptors (Lipinski definition) is 17. The van der Waals surface area contributed by atoms with Crippen molar-refractivity contribution in [1.29, 1.82) is 0 Å². The quantitative estimate of drug-likeness (QED) is 0.113. The van der Waals surface area contributed by atoms with E-state index in [1.165, 1.54) is 0 Å². The van der Waals surface area contributed by atoms with Gasteiger partial charge >= 0.3 is 0 Å². The smallest absolute Gasteiger partial charge is 0.184 e. The number of alkyl halides is 1. The maximum Gasteiger partial charge on any atom is 0.184 e. The molecule has 3 saturated heterocycles. The molecule has 0 saturated carbocycles. The lowest BCUT2D eigenvalue weighted by atomic mass is 9.83. The second kappa shape index (κ2) is 12.9. The highest BCUT2D eigenvalue weighted by atomic mass is 35.5. The fourth-order valence-corrected chi connectivity index (χ4v) is 4.87. The Morgan fingerprint density at radius 2 is 1.29 bits per heavy atom. The van der Waals surface area contributed by atoms with Gasteiger partial charge in [0.25, 0.3) is 0 Å². The lowest BCUT2D eigenvalue weighted by molar-refractivity contribution is -0.355. The molecule has 14 N–H and O–H groups in total. The first kappa shape index (κ1) is 31.8. The number of nitrogens with two attached hydrogens (primary N) is 3. The molecule has 3 rings (SSSR count). The monoisotopic (exact) mass is 577 g/mol. The number of carbonyl (C=O) groups excluding carboxylic acids is 1. The van der Waals surface area contributed by atoms with Gasteiger partial charge in [-0.25, -0.2) is 0 Å². The van der Waals surface area contributed by atoms with Crippen LogP contribution in [-0.4, -0.2) is 164 Å². The first-order valence-corrected chi connectivity index (χ1v) is 12.3. The Bertz CT molecular complexity index is 800. The van der Waals surface area contributed by atoms with Crippen LogP contribution in [0.5, 0.6) is 0 Å². The van der Waals surface area contributed by atoms with E-state index in [2.05, 4.69) is 0 Å². The van der Waals surface area contributed by atoms with Crippen molar-refractivity contribution in [2.45, 2.75) is 91.4 Å². The van der Waals surface area contributed by atoms with Gasteiger partial charge in [0.2, 0.25) is 0 Å². The summed E-state index contributed by atoms with van der Waals surface area (Å²) in [6, 6.07) is -4.25. The number of aliphatic hydroxyl groups excluding tert-OH is 8. The van der Waals surface area contributed by atoms with Gasteiger partial charge in [-0.05, 0) is 0 Å². The van der Waals surface area contributed by atoms with Gasteiger partial charge in [0.1, 0.15) is 48.8 Å². The molecule has 0 amide bonds. The zero-order valence-electron chi connectivity index (χ0n) is 20.0. The van der Waals surface area contributed by atoms with Crippen molar-refractivity contribution < 1.29 is 69.3 Å². The summed E-state index contributed by atoms with van der Waals surface area (Å²) >= 11 is 5.58. The summed E-state index contributed by atoms with van der Waals surface area (Å²) in [5.41, 5.74) is 15.3. The van der Waals surface area contributed by atoms with E-state index >= 15 is 0 Å². The van der Waals surface area contributed by atoms with Gasteiger partial charge in [-0.1, -0.05) is 0 Å². The second-order valence-corrected chi connectivity index (χ2v) is 9.68. The van der Waals surface area contributed by atoms with Crippen molar-refractivity contribution in [2.75, 3.05) is 25.7 Å². The molecule has 3 heterocycles. The minimum atomic E-state index is -2.40. The van der Waals surface area contributed by atoms with E-state index in [9.17, 15) is 45.6 Å². The Balaban J connectivity index is 1.79. The number of rotatable bonds is 9. The van der Waals surface area contributed by atoms with Crippen LogP contribution in [0.3, 0.4) is 0 Å². The molecule has 17 nitrogen and oxygen atoms in total. The molecule has 0 aromatic carbocycles. The Morgan fingerprint density at radius 1 is 0.789 bits per heavy atom. The van der Waals surface area contributed by atoms with Crippen molar-refractivity contribution >= 4 is 17.4 Å². The molecule has 0 aromatic rings. The van der Waals surface area contributed by atoms with Crippen LogP contribution >= 0.6 is 11.6 Å². The van der Waals surface area contributed by atoms with Crippen LogP contribution in [0.1, 0.15) is 0 Å². The van der Waals surface area contributed by atoms with Gasteiger partial charge in [0.05, 0.1) is 43.8 Å². The average Bonchev–Trinajstić information content (AvgIpc) is 2.92. The van der Waals surface area contributed by atoms with E-state index in [1.54, 1.807) is 0 Å². The molecule has 3 aliphatic rings. The summed E-state index contributed by atoms with van der Waals surface area (Å²) in [7, 11) is 0. The van der Waals surface area contributed by atoms with Crippen LogP contribution < -0.4 is 17.2 Å². The third-order valence-electron chi connectivity index (χ3n) is 7.07. The lowest BCUT2D eigenvalue weighted by Crippen LogP contribution is -2.73. The largest absolute Gasteiger partial charge is 0.394 e. The van der Waals surface area contributed by atoms with E-state index < -0.39 is 123 Å². The Labute approximate surface area is 221 Å². The molecule has 3 aliphatic heterocycles. The van der Waals surface area contributed by atoms with E-state index in [0.717, 1.165) is 0 Å². The molecule has 222 valence electrons. The Morgan fingerprint density at radius 3 is 1.82 bits per heavy atom. The normalized spacial score (nSPS) is 50.1. The third kappa shape index (κ3) is 5.71. The zero-order valence-corrected chi connectivity index (χ0v) is 20.8. The van der Waals surface area contributed by atoms with E-state index in [4.69, 9.17) is 52.5 Å². The van der Waals surface area contributed by atoms with E-state index in [0.29, 0.717) is 0 Å². The SMILES string of the molecule is N[C@H]1[C@@H](OC2[C@@H](CO)O[C@@H](OC3[C@@H](CO)O[C@@H](O)[C@H](N)[C@H]3O)[C@H](N)[C@H]2O)O[C@@](CO)(C(=O)CCl)[C@@H](O)[C@@H]1O. The molecule has 0 aromatic heterocycles. The predicted molar refractivity (Wildman–Crippen MR) is 122 cm³/mol. The molecular formula is C20H36ClN3O14. The number of Topliss-reactive ketones (excluding diaryl/α,β-unsaturated/α-hetero) is 1. The van der Waals surface area contributed by atoms with Gasteiger partial charge in [-0.3, -0.25) is 4.79 Å². The van der Waals surface area contributed by atoms with Crippen LogP contribution in [0.4, 0.5) is 0 Å². The molecule has 3 fully saturated rings. The number of halogens is 1. The van der Waals surface area contributed by atoms with Gasteiger partial charge in [0, 0.05) is 0 Å². The molecule has 0 bridgehead atoms. The van der Waals surface area contributed by atoms with Crippen LogP contribution in [0.15, 0.2) is 0 Å². The average molecular weight is 578 g/mol. The van der Waals surface area contributed by atoms with Crippen molar-refractivity contribution in [3.63, 3.8) is 0 Å². The van der Waals surface area contributed by atoms with Crippen LogP contribution in [0, 0.1) is 0 Å². The Kier molecular flexibility index (Phi) is 10.8. The standard InChI is InChI=1S/C20H36ClN3O14/c21-1-7(28)20(4-27)16(32)13(31)10(24)19(38-20)37-15-6(3-26)35-18(9(23)12(15)30)36-14-5(2-25)34-17(33)8(22)11(14)29/h5-6,8-19,25-27,29-33H,1-4,22-24H2/t5-,6-,8-,9-,10-,11-,12-,13-,14?,15?,16+,17-,18+,19+,20+/m1/s1. The molecule has 18 heteroatoms. The van der Waals surface area contributed by atoms with Crippen LogP contribution in [-0.2, 0) is 28.5 Å².